The Morgan fingerprint density at radius 2 is 2.08 bits per heavy atom. The molecule has 1 aliphatic heterocycles. The number of benzene rings is 1. The zero-order valence-corrected chi connectivity index (χ0v) is 15.2. The van der Waals surface area contributed by atoms with Crippen molar-refractivity contribution in [1.29, 1.82) is 0 Å². The third-order valence-electron chi connectivity index (χ3n) is 4.66. The molecule has 0 radical (unpaired) electrons. The van der Waals surface area contributed by atoms with E-state index < -0.39 is 0 Å². The van der Waals surface area contributed by atoms with E-state index in [9.17, 15) is 4.79 Å². The zero-order valence-electron chi connectivity index (χ0n) is 15.2. The van der Waals surface area contributed by atoms with Gasteiger partial charge < -0.3 is 10.1 Å². The van der Waals surface area contributed by atoms with Crippen LogP contribution in [0.25, 0.3) is 0 Å². The number of hydrogen-bond donors (Lipinski definition) is 1. The van der Waals surface area contributed by atoms with Crippen LogP contribution in [0, 0.1) is 13.8 Å². The molecule has 0 aliphatic carbocycles. The normalized spacial score (nSPS) is 18.3. The van der Waals surface area contributed by atoms with Crippen molar-refractivity contribution in [3.8, 4) is 0 Å². The van der Waals surface area contributed by atoms with E-state index in [0.717, 1.165) is 36.7 Å². The van der Waals surface area contributed by atoms with E-state index in [-0.39, 0.29) is 12.0 Å². The number of morpholine rings is 1. The van der Waals surface area contributed by atoms with Gasteiger partial charge in [0.2, 0.25) is 5.91 Å². The van der Waals surface area contributed by atoms with Crippen molar-refractivity contribution >= 4 is 11.7 Å². The highest BCUT2D eigenvalue weighted by molar-refractivity contribution is 5.91. The molecule has 1 aromatic heterocycles. The second kappa shape index (κ2) is 7.80. The molecule has 0 bridgehead atoms. The summed E-state index contributed by atoms with van der Waals surface area (Å²) in [5.41, 5.74) is 3.22. The number of hydrogen-bond acceptors (Lipinski definition) is 4. The van der Waals surface area contributed by atoms with Crippen molar-refractivity contribution < 1.29 is 9.53 Å². The summed E-state index contributed by atoms with van der Waals surface area (Å²) in [5, 5.41) is 7.31. The van der Waals surface area contributed by atoms with Gasteiger partial charge in [-0.25, -0.2) is 0 Å². The minimum absolute atomic E-state index is 0.0299. The lowest BCUT2D eigenvalue weighted by atomic mass is 10.1. The van der Waals surface area contributed by atoms with Gasteiger partial charge in [-0.15, -0.1) is 0 Å². The van der Waals surface area contributed by atoms with E-state index in [2.05, 4.69) is 39.6 Å². The van der Waals surface area contributed by atoms with Crippen LogP contribution in [0.15, 0.2) is 30.3 Å². The Labute approximate surface area is 148 Å². The molecule has 2 heterocycles. The van der Waals surface area contributed by atoms with Gasteiger partial charge in [0, 0.05) is 32.2 Å². The molecule has 1 atom stereocenters. The van der Waals surface area contributed by atoms with Gasteiger partial charge in [0.15, 0.2) is 0 Å². The first-order valence-electron chi connectivity index (χ1n) is 8.71. The first-order chi connectivity index (χ1) is 12.0. The Morgan fingerprint density at radius 1 is 1.32 bits per heavy atom. The van der Waals surface area contributed by atoms with E-state index in [1.165, 1.54) is 5.56 Å². The van der Waals surface area contributed by atoms with Crippen LogP contribution < -0.4 is 5.32 Å². The molecule has 1 aliphatic rings. The first-order valence-corrected chi connectivity index (χ1v) is 8.71. The molecular weight excluding hydrogens is 316 g/mol. The molecule has 1 aromatic carbocycles. The molecule has 6 nitrogen and oxygen atoms in total. The van der Waals surface area contributed by atoms with Crippen LogP contribution in [-0.4, -0.2) is 46.4 Å². The van der Waals surface area contributed by atoms with Gasteiger partial charge in [0.1, 0.15) is 5.82 Å². The van der Waals surface area contributed by atoms with Crippen molar-refractivity contribution in [2.45, 2.75) is 32.9 Å². The molecule has 0 saturated carbocycles. The highest BCUT2D eigenvalue weighted by Gasteiger charge is 2.23. The van der Waals surface area contributed by atoms with Crippen molar-refractivity contribution in [1.82, 2.24) is 14.7 Å². The number of aryl methyl sites for hydroxylation is 2. The molecule has 6 heteroatoms. The van der Waals surface area contributed by atoms with Crippen molar-refractivity contribution in [2.75, 3.05) is 25.0 Å². The predicted octanol–water partition coefficient (Wildman–Crippen LogP) is 2.27. The molecule has 3 rings (SSSR count). The largest absolute Gasteiger partial charge is 0.375 e. The van der Waals surface area contributed by atoms with E-state index in [4.69, 9.17) is 4.74 Å². The van der Waals surface area contributed by atoms with E-state index >= 15 is 0 Å². The van der Waals surface area contributed by atoms with E-state index in [1.807, 2.05) is 27.0 Å². The molecule has 25 heavy (non-hydrogen) atoms. The third kappa shape index (κ3) is 4.46. The molecule has 1 N–H and O–H groups in total. The van der Waals surface area contributed by atoms with Crippen LogP contribution in [0.5, 0.6) is 0 Å². The predicted molar refractivity (Wildman–Crippen MR) is 97.4 cm³/mol. The summed E-state index contributed by atoms with van der Waals surface area (Å²) in [7, 11) is 1.84. The van der Waals surface area contributed by atoms with Gasteiger partial charge in [-0.3, -0.25) is 14.4 Å². The highest BCUT2D eigenvalue weighted by atomic mass is 16.5. The molecule has 134 valence electrons. The van der Waals surface area contributed by atoms with Crippen LogP contribution in [-0.2, 0) is 23.1 Å². The van der Waals surface area contributed by atoms with Crippen LogP contribution >= 0.6 is 0 Å². The monoisotopic (exact) mass is 342 g/mol. The van der Waals surface area contributed by atoms with Crippen molar-refractivity contribution in [3.63, 3.8) is 0 Å². The number of anilines is 1. The topological polar surface area (TPSA) is 59.4 Å². The SMILES string of the molecule is Cc1nn(C)c(NC(=O)C[C@@H]2CN(Cc3ccccc3)CCO2)c1C. The van der Waals surface area contributed by atoms with Crippen LogP contribution in [0.1, 0.15) is 23.2 Å². The molecule has 1 fully saturated rings. The Bertz CT molecular complexity index is 727. The fourth-order valence-electron chi connectivity index (χ4n) is 3.22. The Balaban J connectivity index is 1.54. The highest BCUT2D eigenvalue weighted by Crippen LogP contribution is 2.18. The maximum atomic E-state index is 12.4. The maximum Gasteiger partial charge on any atom is 0.228 e. The van der Waals surface area contributed by atoms with Crippen LogP contribution in [0.2, 0.25) is 0 Å². The van der Waals surface area contributed by atoms with Crippen LogP contribution in [0.4, 0.5) is 5.82 Å². The number of nitrogens with zero attached hydrogens (tertiary/aromatic N) is 3. The first kappa shape index (κ1) is 17.6. The minimum atomic E-state index is -0.0768. The summed E-state index contributed by atoms with van der Waals surface area (Å²) in [6, 6.07) is 10.4. The molecule has 0 spiro atoms. The number of aromatic nitrogens is 2. The summed E-state index contributed by atoms with van der Waals surface area (Å²) >= 11 is 0. The second-order valence-electron chi connectivity index (χ2n) is 6.65. The summed E-state index contributed by atoms with van der Waals surface area (Å²) in [5.74, 6) is 0.733. The van der Waals surface area contributed by atoms with Gasteiger partial charge in [0.25, 0.3) is 0 Å². The number of amides is 1. The van der Waals surface area contributed by atoms with Crippen molar-refractivity contribution in [2.24, 2.45) is 7.05 Å². The third-order valence-corrected chi connectivity index (χ3v) is 4.66. The van der Waals surface area contributed by atoms with Gasteiger partial charge in [-0.2, -0.15) is 5.10 Å². The summed E-state index contributed by atoms with van der Waals surface area (Å²) in [6.45, 7) is 7.13. The minimum Gasteiger partial charge on any atom is -0.375 e. The Morgan fingerprint density at radius 3 is 2.76 bits per heavy atom. The molecular formula is C19H26N4O2. The fraction of sp³-hybridized carbons (Fsp3) is 0.474. The number of ether oxygens (including phenoxy) is 1. The van der Waals surface area contributed by atoms with Gasteiger partial charge >= 0.3 is 0 Å². The summed E-state index contributed by atoms with van der Waals surface area (Å²) < 4.78 is 7.51. The number of rotatable bonds is 5. The quantitative estimate of drug-likeness (QED) is 0.905. The Kier molecular flexibility index (Phi) is 5.50. The summed E-state index contributed by atoms with van der Waals surface area (Å²) in [6.07, 6.45) is 0.279. The lowest BCUT2D eigenvalue weighted by molar-refractivity contribution is -0.121. The summed E-state index contributed by atoms with van der Waals surface area (Å²) in [4.78, 5) is 14.8. The van der Waals surface area contributed by atoms with Gasteiger partial charge in [-0.05, 0) is 19.4 Å². The molecule has 1 saturated heterocycles. The lowest BCUT2D eigenvalue weighted by Crippen LogP contribution is -2.43. The number of nitrogens with one attached hydrogen (secondary N) is 1. The standard InChI is InChI=1S/C19H26N4O2/c1-14-15(2)21-22(3)19(14)20-18(24)11-17-13-23(9-10-25-17)12-16-7-5-4-6-8-16/h4-8,17H,9-13H2,1-3H3,(H,20,24)/t17-/m1/s1. The smallest absolute Gasteiger partial charge is 0.228 e. The number of carbonyl (C=O) groups is 1. The van der Waals surface area contributed by atoms with E-state index in [0.29, 0.717) is 13.0 Å². The second-order valence-corrected chi connectivity index (χ2v) is 6.65. The van der Waals surface area contributed by atoms with E-state index in [1.54, 1.807) is 4.68 Å². The molecule has 0 unspecified atom stereocenters. The fourth-order valence-corrected chi connectivity index (χ4v) is 3.22. The number of carbonyl (C=O) groups excluding carboxylic acids is 1. The zero-order chi connectivity index (χ0) is 17.8. The van der Waals surface area contributed by atoms with Crippen LogP contribution in [0.3, 0.4) is 0 Å². The van der Waals surface area contributed by atoms with Gasteiger partial charge in [-0.1, -0.05) is 30.3 Å². The molecule has 2 aromatic rings. The Hall–Kier alpha value is -2.18. The lowest BCUT2D eigenvalue weighted by Gasteiger charge is -2.32. The average Bonchev–Trinajstić information content (AvgIpc) is 2.82. The van der Waals surface area contributed by atoms with Gasteiger partial charge in [0.05, 0.1) is 24.8 Å². The van der Waals surface area contributed by atoms with Crippen molar-refractivity contribution in [3.05, 3.63) is 47.2 Å². The molecule has 1 amide bonds. The maximum absolute atomic E-state index is 12.4. The average molecular weight is 342 g/mol.